The molecule has 1 aromatic heterocycles. The Morgan fingerprint density at radius 3 is 2.63 bits per heavy atom. The van der Waals surface area contributed by atoms with E-state index in [9.17, 15) is 4.79 Å². The summed E-state index contributed by atoms with van der Waals surface area (Å²) in [7, 11) is 0. The van der Waals surface area contributed by atoms with Gasteiger partial charge in [-0.05, 0) is 39.8 Å². The lowest BCUT2D eigenvalue weighted by Crippen LogP contribution is -2.63. The molecular weight excluding hydrogens is 497 g/mol. The quantitative estimate of drug-likeness (QED) is 0.351. The molecular formula is C21H30IN5O3. The van der Waals surface area contributed by atoms with Crippen LogP contribution in [-0.2, 0) is 11.3 Å². The zero-order chi connectivity index (χ0) is 20.9. The molecule has 1 fully saturated rings. The Morgan fingerprint density at radius 1 is 1.30 bits per heavy atom. The summed E-state index contributed by atoms with van der Waals surface area (Å²) in [4.78, 5) is 22.8. The first-order valence-electron chi connectivity index (χ1n) is 9.86. The van der Waals surface area contributed by atoms with Crippen molar-refractivity contribution in [3.8, 4) is 11.5 Å². The number of benzene rings is 1. The fraction of sp³-hybridized carbons (Fsp3) is 0.476. The molecule has 0 atom stereocenters. The van der Waals surface area contributed by atoms with Crippen molar-refractivity contribution in [3.05, 3.63) is 42.3 Å². The number of hydrogen-bond donors (Lipinski definition) is 2. The molecule has 0 aliphatic carbocycles. The average Bonchev–Trinajstić information content (AvgIpc) is 3.10. The first-order chi connectivity index (χ1) is 13.8. The van der Waals surface area contributed by atoms with E-state index >= 15 is 0 Å². The molecule has 1 saturated heterocycles. The van der Waals surface area contributed by atoms with Gasteiger partial charge >= 0.3 is 6.09 Å². The van der Waals surface area contributed by atoms with Crippen LogP contribution < -0.4 is 10.6 Å². The summed E-state index contributed by atoms with van der Waals surface area (Å²) >= 11 is 0. The van der Waals surface area contributed by atoms with Crippen molar-refractivity contribution in [2.24, 2.45) is 4.99 Å². The molecule has 1 aliphatic heterocycles. The number of carbonyl (C=O) groups excluding carboxylic acids is 1. The van der Waals surface area contributed by atoms with Crippen LogP contribution in [0.15, 0.2) is 46.0 Å². The first-order valence-corrected chi connectivity index (χ1v) is 9.86. The molecule has 30 heavy (non-hydrogen) atoms. The summed E-state index contributed by atoms with van der Waals surface area (Å²) in [6.07, 6.45) is 1.34. The number of amides is 1. The van der Waals surface area contributed by atoms with Crippen LogP contribution in [0.5, 0.6) is 0 Å². The Morgan fingerprint density at radius 2 is 2.00 bits per heavy atom. The van der Waals surface area contributed by atoms with E-state index in [0.29, 0.717) is 31.5 Å². The van der Waals surface area contributed by atoms with Gasteiger partial charge in [0.25, 0.3) is 0 Å². The van der Waals surface area contributed by atoms with Gasteiger partial charge in [-0.25, -0.2) is 14.8 Å². The van der Waals surface area contributed by atoms with Gasteiger partial charge in [0.1, 0.15) is 17.6 Å². The second-order valence-electron chi connectivity index (χ2n) is 7.93. The average molecular weight is 527 g/mol. The van der Waals surface area contributed by atoms with Crippen LogP contribution in [0.2, 0.25) is 0 Å². The van der Waals surface area contributed by atoms with Crippen LogP contribution in [0, 0.1) is 0 Å². The summed E-state index contributed by atoms with van der Waals surface area (Å²) < 4.78 is 10.9. The molecule has 2 aromatic rings. The minimum absolute atomic E-state index is 0. The van der Waals surface area contributed by atoms with E-state index in [0.717, 1.165) is 17.8 Å². The second-order valence-corrected chi connectivity index (χ2v) is 7.93. The van der Waals surface area contributed by atoms with Crippen molar-refractivity contribution in [2.75, 3.05) is 19.6 Å². The number of nitrogens with zero attached hydrogens (tertiary/aromatic N) is 3. The highest BCUT2D eigenvalue weighted by molar-refractivity contribution is 14.0. The Bertz CT molecular complexity index is 842. The molecule has 164 valence electrons. The topological polar surface area (TPSA) is 92.0 Å². The smallest absolute Gasteiger partial charge is 0.410 e. The summed E-state index contributed by atoms with van der Waals surface area (Å²) in [5.41, 5.74) is 1.21. The van der Waals surface area contributed by atoms with Crippen LogP contribution in [0.4, 0.5) is 4.79 Å². The van der Waals surface area contributed by atoms with E-state index in [2.05, 4.69) is 20.6 Å². The van der Waals surface area contributed by atoms with Crippen LogP contribution in [-0.4, -0.2) is 53.2 Å². The minimum Gasteiger partial charge on any atom is -0.444 e. The molecule has 9 heteroatoms. The summed E-state index contributed by atoms with van der Waals surface area (Å²) in [5.74, 6) is 1.27. The van der Waals surface area contributed by atoms with Gasteiger partial charge in [0, 0.05) is 25.2 Å². The van der Waals surface area contributed by atoms with E-state index < -0.39 is 5.60 Å². The van der Waals surface area contributed by atoms with Crippen molar-refractivity contribution < 1.29 is 13.9 Å². The van der Waals surface area contributed by atoms with Crippen molar-refractivity contribution in [1.29, 1.82) is 0 Å². The lowest BCUT2D eigenvalue weighted by Gasteiger charge is -2.40. The zero-order valence-corrected chi connectivity index (χ0v) is 20.2. The van der Waals surface area contributed by atoms with Crippen LogP contribution >= 0.6 is 24.0 Å². The van der Waals surface area contributed by atoms with Crippen LogP contribution in [0.25, 0.3) is 11.5 Å². The van der Waals surface area contributed by atoms with E-state index in [-0.39, 0.29) is 36.1 Å². The largest absolute Gasteiger partial charge is 0.444 e. The number of rotatable bonds is 5. The van der Waals surface area contributed by atoms with Crippen molar-refractivity contribution in [2.45, 2.75) is 45.9 Å². The fourth-order valence-corrected chi connectivity index (χ4v) is 2.81. The Balaban J connectivity index is 0.00000320. The number of aliphatic imine (C=N–C) groups is 1. The van der Waals surface area contributed by atoms with E-state index in [1.165, 1.54) is 0 Å². The highest BCUT2D eigenvalue weighted by Gasteiger charge is 2.34. The number of ether oxygens (including phenoxy) is 1. The molecule has 1 aliphatic rings. The molecule has 0 radical (unpaired) electrons. The molecule has 0 spiro atoms. The zero-order valence-electron chi connectivity index (χ0n) is 17.8. The fourth-order valence-electron chi connectivity index (χ4n) is 2.81. The van der Waals surface area contributed by atoms with E-state index in [4.69, 9.17) is 9.15 Å². The molecule has 1 aromatic carbocycles. The number of halogens is 1. The molecule has 0 bridgehead atoms. The minimum atomic E-state index is -0.484. The Kier molecular flexibility index (Phi) is 8.51. The normalized spacial score (nSPS) is 14.5. The summed E-state index contributed by atoms with van der Waals surface area (Å²) in [6, 6.07) is 9.90. The number of guanidine groups is 1. The van der Waals surface area contributed by atoms with Crippen molar-refractivity contribution in [3.63, 3.8) is 0 Å². The van der Waals surface area contributed by atoms with E-state index in [1.54, 1.807) is 11.2 Å². The number of hydrogen-bond acceptors (Lipinski definition) is 5. The highest BCUT2D eigenvalue weighted by atomic mass is 127. The standard InChI is InChI=1S/C21H29N5O3.HI/c1-5-22-19(25-17-12-26(13-17)20(27)29-21(2,3)4)23-11-16-14-28-18(24-16)15-9-7-6-8-10-15;/h6-10,14,17H,5,11-13H2,1-4H3,(H2,22,23,25);1H. The predicted molar refractivity (Wildman–Crippen MR) is 127 cm³/mol. The first kappa shape index (κ1) is 24.0. The van der Waals surface area contributed by atoms with Crippen LogP contribution in [0.1, 0.15) is 33.4 Å². The highest BCUT2D eigenvalue weighted by Crippen LogP contribution is 2.18. The van der Waals surface area contributed by atoms with Gasteiger partial charge in [0.15, 0.2) is 5.96 Å². The monoisotopic (exact) mass is 527 g/mol. The number of carbonyl (C=O) groups is 1. The number of nitrogens with one attached hydrogen (secondary N) is 2. The summed E-state index contributed by atoms with van der Waals surface area (Å²) in [6.45, 7) is 9.91. The molecule has 0 unspecified atom stereocenters. The lowest BCUT2D eigenvalue weighted by molar-refractivity contribution is 0.00700. The lowest BCUT2D eigenvalue weighted by atomic mass is 10.1. The number of aromatic nitrogens is 1. The van der Waals surface area contributed by atoms with Gasteiger partial charge in [-0.2, -0.15) is 0 Å². The van der Waals surface area contributed by atoms with Crippen molar-refractivity contribution >= 4 is 36.0 Å². The third-order valence-electron chi connectivity index (χ3n) is 4.19. The van der Waals surface area contributed by atoms with Gasteiger partial charge in [0.05, 0.1) is 12.6 Å². The maximum Gasteiger partial charge on any atom is 0.410 e. The second kappa shape index (κ2) is 10.6. The molecule has 3 rings (SSSR count). The van der Waals surface area contributed by atoms with Crippen molar-refractivity contribution in [1.82, 2.24) is 20.5 Å². The third kappa shape index (κ3) is 6.89. The van der Waals surface area contributed by atoms with Gasteiger partial charge < -0.3 is 24.7 Å². The molecule has 2 heterocycles. The maximum absolute atomic E-state index is 12.0. The number of likely N-dealkylation sites (tertiary alicyclic amines) is 1. The van der Waals surface area contributed by atoms with Gasteiger partial charge in [-0.15, -0.1) is 24.0 Å². The molecule has 2 N–H and O–H groups in total. The SMILES string of the molecule is CCNC(=NCc1coc(-c2ccccc2)n1)NC1CN(C(=O)OC(C)(C)C)C1.I. The summed E-state index contributed by atoms with van der Waals surface area (Å²) in [5, 5.41) is 6.56. The molecule has 1 amide bonds. The molecule has 0 saturated carbocycles. The maximum atomic E-state index is 12.0. The Labute approximate surface area is 194 Å². The molecule has 8 nitrogen and oxygen atoms in total. The Hall–Kier alpha value is -2.30. The third-order valence-corrected chi connectivity index (χ3v) is 4.19. The van der Waals surface area contributed by atoms with Gasteiger partial charge in [0.2, 0.25) is 5.89 Å². The van der Waals surface area contributed by atoms with Crippen LogP contribution in [0.3, 0.4) is 0 Å². The van der Waals surface area contributed by atoms with E-state index in [1.807, 2.05) is 58.0 Å². The van der Waals surface area contributed by atoms with Gasteiger partial charge in [-0.1, -0.05) is 18.2 Å². The predicted octanol–water partition coefficient (Wildman–Crippen LogP) is 3.63. The van der Waals surface area contributed by atoms with Gasteiger partial charge in [-0.3, -0.25) is 0 Å². The number of oxazole rings is 1.